The van der Waals surface area contributed by atoms with Gasteiger partial charge in [-0.1, -0.05) is 42.5 Å². The first kappa shape index (κ1) is 29.0. The number of imide groups is 1. The summed E-state index contributed by atoms with van der Waals surface area (Å²) in [5, 5.41) is 8.87. The SMILES string of the molecule is Cc1cc(/C=C2\SC(=O)N(CC(=O)N3CCc4ccccc4C3)C2=O)c(C)n1-c1ccc(OCc2ccccc2C#N)cc1. The molecule has 6 rings (SSSR count). The third-order valence-corrected chi connectivity index (χ3v) is 8.94. The van der Waals surface area contributed by atoms with E-state index in [-0.39, 0.29) is 12.5 Å². The molecule has 0 unspecified atom stereocenters. The monoisotopic (exact) mass is 602 g/mol. The smallest absolute Gasteiger partial charge is 0.294 e. The van der Waals surface area contributed by atoms with Crippen molar-refractivity contribution < 1.29 is 19.1 Å². The van der Waals surface area contributed by atoms with E-state index in [1.807, 2.05) is 80.6 Å². The topological polar surface area (TPSA) is 95.6 Å². The molecule has 0 bridgehead atoms. The maximum atomic E-state index is 13.3. The van der Waals surface area contributed by atoms with Gasteiger partial charge in [-0.2, -0.15) is 5.26 Å². The van der Waals surface area contributed by atoms with Gasteiger partial charge in [-0.05, 0) is 91.2 Å². The minimum atomic E-state index is -0.449. The van der Waals surface area contributed by atoms with E-state index in [1.54, 1.807) is 17.0 Å². The predicted molar refractivity (Wildman–Crippen MR) is 169 cm³/mol. The van der Waals surface area contributed by atoms with Gasteiger partial charge in [0.25, 0.3) is 11.1 Å². The number of carbonyl (C=O) groups excluding carboxylic acids is 3. The van der Waals surface area contributed by atoms with Crippen molar-refractivity contribution in [3.05, 3.63) is 123 Å². The first-order valence-electron chi connectivity index (χ1n) is 14.3. The number of nitriles is 1. The summed E-state index contributed by atoms with van der Waals surface area (Å²) >= 11 is 0.864. The zero-order chi connectivity index (χ0) is 30.8. The van der Waals surface area contributed by atoms with Crippen LogP contribution in [-0.2, 0) is 29.2 Å². The molecule has 2 aliphatic rings. The number of aryl methyl sites for hydroxylation is 1. The van der Waals surface area contributed by atoms with Gasteiger partial charge < -0.3 is 14.2 Å². The number of amides is 3. The summed E-state index contributed by atoms with van der Waals surface area (Å²) in [6.45, 7) is 5.02. The van der Waals surface area contributed by atoms with Gasteiger partial charge in [-0.25, -0.2) is 0 Å². The number of thioether (sulfide) groups is 1. The number of aromatic nitrogens is 1. The Morgan fingerprint density at radius 1 is 1.00 bits per heavy atom. The third-order valence-electron chi connectivity index (χ3n) is 8.03. The van der Waals surface area contributed by atoms with Crippen molar-refractivity contribution in [2.24, 2.45) is 0 Å². The van der Waals surface area contributed by atoms with Crippen LogP contribution in [0.25, 0.3) is 11.8 Å². The summed E-state index contributed by atoms with van der Waals surface area (Å²) in [7, 11) is 0. The van der Waals surface area contributed by atoms with Crippen LogP contribution in [0.15, 0.2) is 83.8 Å². The number of hydrogen-bond donors (Lipinski definition) is 0. The molecular weight excluding hydrogens is 572 g/mol. The van der Waals surface area contributed by atoms with Crippen LogP contribution in [0.2, 0.25) is 0 Å². The number of hydrogen-bond acceptors (Lipinski definition) is 6. The third kappa shape index (κ3) is 5.77. The second-order valence-corrected chi connectivity index (χ2v) is 11.8. The molecule has 1 aromatic heterocycles. The first-order valence-corrected chi connectivity index (χ1v) is 15.1. The molecule has 0 N–H and O–H groups in total. The van der Waals surface area contributed by atoms with Crippen molar-refractivity contribution >= 4 is 34.9 Å². The van der Waals surface area contributed by atoms with Crippen LogP contribution >= 0.6 is 11.8 Å². The maximum Gasteiger partial charge on any atom is 0.294 e. The first-order chi connectivity index (χ1) is 21.3. The number of nitrogens with zero attached hydrogens (tertiary/aromatic N) is 4. The van der Waals surface area contributed by atoms with E-state index >= 15 is 0 Å². The molecule has 0 saturated carbocycles. The van der Waals surface area contributed by atoms with Crippen molar-refractivity contribution in [1.29, 1.82) is 5.26 Å². The molecule has 3 amide bonds. The van der Waals surface area contributed by atoms with Crippen LogP contribution in [-0.4, -0.2) is 44.5 Å². The summed E-state index contributed by atoms with van der Waals surface area (Å²) in [5.74, 6) is -0.000808. The normalized spacial score (nSPS) is 15.4. The van der Waals surface area contributed by atoms with E-state index in [2.05, 4.69) is 16.7 Å². The second kappa shape index (κ2) is 12.3. The lowest BCUT2D eigenvalue weighted by Crippen LogP contribution is -2.44. The molecule has 0 atom stereocenters. The zero-order valence-corrected chi connectivity index (χ0v) is 25.3. The van der Waals surface area contributed by atoms with Crippen LogP contribution in [0.1, 0.15) is 39.2 Å². The molecule has 9 heteroatoms. The summed E-state index contributed by atoms with van der Waals surface area (Å²) in [4.78, 5) is 42.2. The number of rotatable bonds is 7. The highest BCUT2D eigenvalue weighted by Gasteiger charge is 2.37. The number of ether oxygens (including phenoxy) is 1. The average molecular weight is 603 g/mol. The Morgan fingerprint density at radius 3 is 2.50 bits per heavy atom. The Bertz CT molecular complexity index is 1850. The molecule has 1 saturated heterocycles. The molecule has 3 heterocycles. The van der Waals surface area contributed by atoms with Gasteiger partial charge in [0, 0.05) is 35.7 Å². The lowest BCUT2D eigenvalue weighted by Gasteiger charge is -2.29. The van der Waals surface area contributed by atoms with E-state index in [0.29, 0.717) is 35.9 Å². The molecule has 0 aliphatic carbocycles. The van der Waals surface area contributed by atoms with Gasteiger partial charge in [-0.3, -0.25) is 19.3 Å². The van der Waals surface area contributed by atoms with Crippen LogP contribution in [0, 0.1) is 25.2 Å². The van der Waals surface area contributed by atoms with Crippen molar-refractivity contribution in [2.75, 3.05) is 13.1 Å². The highest BCUT2D eigenvalue weighted by molar-refractivity contribution is 8.18. The Labute approximate surface area is 260 Å². The molecule has 0 spiro atoms. The van der Waals surface area contributed by atoms with E-state index in [0.717, 1.165) is 56.8 Å². The fourth-order valence-electron chi connectivity index (χ4n) is 5.66. The maximum absolute atomic E-state index is 13.3. The number of fused-ring (bicyclic) bond motifs is 1. The molecule has 8 nitrogen and oxygen atoms in total. The minimum Gasteiger partial charge on any atom is -0.489 e. The lowest BCUT2D eigenvalue weighted by molar-refractivity contribution is -0.136. The van der Waals surface area contributed by atoms with E-state index in [4.69, 9.17) is 4.74 Å². The number of benzene rings is 3. The quantitative estimate of drug-likeness (QED) is 0.235. The van der Waals surface area contributed by atoms with Crippen LogP contribution < -0.4 is 4.74 Å². The van der Waals surface area contributed by atoms with Gasteiger partial charge in [-0.15, -0.1) is 0 Å². The van der Waals surface area contributed by atoms with Crippen LogP contribution in [0.4, 0.5) is 4.79 Å². The van der Waals surface area contributed by atoms with Crippen LogP contribution in [0.5, 0.6) is 5.75 Å². The largest absolute Gasteiger partial charge is 0.489 e. The Hall–Kier alpha value is -5.07. The van der Waals surface area contributed by atoms with Crippen molar-refractivity contribution in [3.8, 4) is 17.5 Å². The molecule has 4 aromatic rings. The van der Waals surface area contributed by atoms with Gasteiger partial charge >= 0.3 is 0 Å². The average Bonchev–Trinajstić information content (AvgIpc) is 3.47. The fourth-order valence-corrected chi connectivity index (χ4v) is 6.49. The van der Waals surface area contributed by atoms with Gasteiger partial charge in [0.1, 0.15) is 18.9 Å². The molecule has 220 valence electrons. The highest BCUT2D eigenvalue weighted by atomic mass is 32.2. The Morgan fingerprint density at radius 2 is 1.73 bits per heavy atom. The van der Waals surface area contributed by atoms with E-state index in [9.17, 15) is 19.6 Å². The molecule has 3 aromatic carbocycles. The van der Waals surface area contributed by atoms with Crippen molar-refractivity contribution in [2.45, 2.75) is 33.4 Å². The van der Waals surface area contributed by atoms with Gasteiger partial charge in [0.05, 0.1) is 16.5 Å². The second-order valence-electron chi connectivity index (χ2n) is 10.8. The zero-order valence-electron chi connectivity index (χ0n) is 24.4. The molecule has 0 radical (unpaired) electrons. The van der Waals surface area contributed by atoms with Crippen molar-refractivity contribution in [3.63, 3.8) is 0 Å². The summed E-state index contributed by atoms with van der Waals surface area (Å²) in [6.07, 6.45) is 2.49. The molecular formula is C35H30N4O4S. The standard InChI is InChI=1S/C35H30N4O4S/c1-23-17-29(24(2)39(23)30-11-13-31(14-12-30)43-22-28-10-6-4-8-26(28)19-36)18-32-34(41)38(35(42)44-32)21-33(40)37-16-15-25-7-3-5-9-27(25)20-37/h3-14,17-18H,15-16,20-22H2,1-2H3/b32-18-. The van der Waals surface area contributed by atoms with E-state index < -0.39 is 11.1 Å². The van der Waals surface area contributed by atoms with Crippen LogP contribution in [0.3, 0.4) is 0 Å². The molecule has 44 heavy (non-hydrogen) atoms. The molecule has 1 fully saturated rings. The summed E-state index contributed by atoms with van der Waals surface area (Å²) in [6, 6.07) is 27.2. The van der Waals surface area contributed by atoms with Gasteiger partial charge in [0.2, 0.25) is 5.91 Å². The summed E-state index contributed by atoms with van der Waals surface area (Å²) in [5.41, 5.74) is 7.36. The lowest BCUT2D eigenvalue weighted by atomic mass is 10.00. The van der Waals surface area contributed by atoms with Gasteiger partial charge in [0.15, 0.2) is 0 Å². The Kier molecular flexibility index (Phi) is 8.09. The minimum absolute atomic E-state index is 0.233. The predicted octanol–water partition coefficient (Wildman–Crippen LogP) is 6.17. The highest BCUT2D eigenvalue weighted by Crippen LogP contribution is 2.34. The summed E-state index contributed by atoms with van der Waals surface area (Å²) < 4.78 is 7.99. The van der Waals surface area contributed by atoms with E-state index in [1.165, 1.54) is 5.56 Å². The van der Waals surface area contributed by atoms with Crippen molar-refractivity contribution in [1.82, 2.24) is 14.4 Å². The Balaban J connectivity index is 1.13. The molecule has 2 aliphatic heterocycles. The number of carbonyl (C=O) groups is 3. The fraction of sp³-hybridized carbons (Fsp3) is 0.200.